The van der Waals surface area contributed by atoms with Gasteiger partial charge in [-0.1, -0.05) is 156 Å². The van der Waals surface area contributed by atoms with Crippen LogP contribution in [0.25, 0.3) is 31.3 Å². The molecule has 6 aromatic carbocycles. The lowest BCUT2D eigenvalue weighted by molar-refractivity contribution is 0.315. The molecule has 0 atom stereocenters. The maximum atomic E-state index is 4.15. The van der Waals surface area contributed by atoms with Gasteiger partial charge >= 0.3 is 0 Å². The molecule has 1 N–H and O–H groups in total. The van der Waals surface area contributed by atoms with Gasteiger partial charge in [0, 0.05) is 43.8 Å². The normalized spacial score (nSPS) is 17.9. The first-order valence-electron chi connectivity index (χ1n) is 25.4. The second-order valence-electron chi connectivity index (χ2n) is 25.7. The molecule has 2 aliphatic carbocycles. The summed E-state index contributed by atoms with van der Waals surface area (Å²) < 4.78 is 2.73. The fraction of sp³-hybridized carbons (Fsp3) is 0.429. The van der Waals surface area contributed by atoms with Crippen LogP contribution in [0.15, 0.2) is 97.1 Å². The van der Waals surface area contributed by atoms with Gasteiger partial charge in [0.05, 0.1) is 10.4 Å². The number of aryl methyl sites for hydroxylation is 2. The molecule has 7 aromatic rings. The summed E-state index contributed by atoms with van der Waals surface area (Å²) in [4.78, 5) is 2.71. The minimum atomic E-state index is 0.00776. The van der Waals surface area contributed by atoms with Crippen molar-refractivity contribution in [3.8, 4) is 11.1 Å². The summed E-state index contributed by atoms with van der Waals surface area (Å²) in [6.07, 6.45) is 7.09. The van der Waals surface area contributed by atoms with Gasteiger partial charge in [-0.05, 0) is 171 Å². The molecule has 2 nitrogen and oxygen atoms in total. The first kappa shape index (κ1) is 46.0. The predicted molar refractivity (Wildman–Crippen MR) is 297 cm³/mol. The van der Waals surface area contributed by atoms with Crippen LogP contribution < -0.4 is 21.1 Å². The smallest absolute Gasteiger partial charge is 0.198 e. The zero-order valence-corrected chi connectivity index (χ0v) is 44.4. The molecule has 2 heterocycles. The van der Waals surface area contributed by atoms with E-state index >= 15 is 0 Å². The molecule has 346 valence electrons. The van der Waals surface area contributed by atoms with Crippen molar-refractivity contribution in [1.29, 1.82) is 0 Å². The number of hydrogen-bond acceptors (Lipinski definition) is 3. The number of anilines is 5. The molecule has 0 saturated carbocycles. The fourth-order valence-electron chi connectivity index (χ4n) is 12.1. The van der Waals surface area contributed by atoms with Crippen molar-refractivity contribution >= 4 is 78.2 Å². The Morgan fingerprint density at radius 3 is 1.93 bits per heavy atom. The van der Waals surface area contributed by atoms with E-state index in [0.29, 0.717) is 0 Å². The van der Waals surface area contributed by atoms with E-state index in [9.17, 15) is 0 Å². The van der Waals surface area contributed by atoms with Crippen LogP contribution in [0.5, 0.6) is 0 Å². The largest absolute Gasteiger partial charge is 0.355 e. The molecule has 0 unspecified atom stereocenters. The van der Waals surface area contributed by atoms with Crippen LogP contribution in [0.4, 0.5) is 28.4 Å². The number of nitrogens with one attached hydrogen (secondary N) is 1. The van der Waals surface area contributed by atoms with Crippen LogP contribution in [-0.2, 0) is 27.1 Å². The minimum absolute atomic E-state index is 0.00776. The van der Waals surface area contributed by atoms with Crippen molar-refractivity contribution in [2.24, 2.45) is 5.41 Å². The molecule has 1 aromatic heterocycles. The quantitative estimate of drug-likeness (QED) is 0.160. The van der Waals surface area contributed by atoms with E-state index in [1.54, 1.807) is 0 Å². The Bertz CT molecular complexity index is 3130. The van der Waals surface area contributed by atoms with Gasteiger partial charge in [0.25, 0.3) is 0 Å². The van der Waals surface area contributed by atoms with Crippen molar-refractivity contribution in [3.05, 3.63) is 136 Å². The van der Waals surface area contributed by atoms with Crippen LogP contribution in [0, 0.1) is 19.3 Å². The second-order valence-corrected chi connectivity index (χ2v) is 26.7. The third-order valence-corrected chi connectivity index (χ3v) is 18.1. The highest BCUT2D eigenvalue weighted by molar-refractivity contribution is 7.26. The Morgan fingerprint density at radius 2 is 1.24 bits per heavy atom. The number of benzene rings is 6. The van der Waals surface area contributed by atoms with E-state index in [4.69, 9.17) is 0 Å². The van der Waals surface area contributed by atoms with Gasteiger partial charge in [-0.3, -0.25) is 0 Å². The van der Waals surface area contributed by atoms with Gasteiger partial charge in [-0.25, -0.2) is 0 Å². The van der Waals surface area contributed by atoms with Crippen LogP contribution in [0.2, 0.25) is 0 Å². The molecule has 0 bridgehead atoms. The van der Waals surface area contributed by atoms with Gasteiger partial charge in [-0.2, -0.15) is 0 Å². The third-order valence-electron chi connectivity index (χ3n) is 16.9. The van der Waals surface area contributed by atoms with Crippen molar-refractivity contribution in [2.75, 3.05) is 10.2 Å². The van der Waals surface area contributed by atoms with Gasteiger partial charge in [0.2, 0.25) is 0 Å². The summed E-state index contributed by atoms with van der Waals surface area (Å²) in [6, 6.07) is 38.7. The highest BCUT2D eigenvalue weighted by Crippen LogP contribution is 2.53. The lowest BCUT2D eigenvalue weighted by Crippen LogP contribution is -2.41. The summed E-state index contributed by atoms with van der Waals surface area (Å²) in [5.41, 5.74) is 22.5. The SMILES string of the molecule is Cc1cc(-c2ccc(C(C)(C)CCC(C)(C)C)cc2Nc2ccc3c(c2)C(C)(C)CCC3(C)C)c2c(c1)N(c1cc3c(cc1C)C(C)(C)CCC3(C)C)c1c(ccc3c1sc1ccccc13)B2. The molecular formula is C63H75BN2S. The van der Waals surface area contributed by atoms with Gasteiger partial charge in [0.15, 0.2) is 7.28 Å². The highest BCUT2D eigenvalue weighted by Gasteiger charge is 2.40. The molecule has 4 heteroatoms. The van der Waals surface area contributed by atoms with Crippen molar-refractivity contribution in [3.63, 3.8) is 0 Å². The van der Waals surface area contributed by atoms with Crippen LogP contribution in [0.1, 0.15) is 167 Å². The molecule has 0 saturated heterocycles. The number of fused-ring (bicyclic) bond motifs is 8. The maximum Gasteiger partial charge on any atom is 0.198 e. The average Bonchev–Trinajstić information content (AvgIpc) is 3.64. The fourth-order valence-corrected chi connectivity index (χ4v) is 13.4. The summed E-state index contributed by atoms with van der Waals surface area (Å²) in [5, 5.41) is 6.85. The summed E-state index contributed by atoms with van der Waals surface area (Å²) >= 11 is 1.96. The zero-order chi connectivity index (χ0) is 47.8. The first-order chi connectivity index (χ1) is 31.3. The standard InChI is InChI=1S/C63H75BN2S/c1-38-32-45(42-22-20-40(59(6,7)27-26-58(3,4)5)35-51(42)65-41-21-24-46-48(36-41)62(12,13)29-28-60(46,8)9)55-53(33-38)66(52-37-49-47(34-39(52)2)61(10,11)30-31-63(49,14)15)56-50(64-55)25-23-44-43-18-16-17-19-54(43)67-57(44)56/h16-25,32-37,64-65H,26-31H2,1-15H3. The number of rotatable bonds is 7. The van der Waals surface area contributed by atoms with Crippen LogP contribution in [-0.4, -0.2) is 7.28 Å². The summed E-state index contributed by atoms with van der Waals surface area (Å²) in [5.74, 6) is 0. The Kier molecular flexibility index (Phi) is 10.7. The molecule has 3 aliphatic rings. The molecule has 0 radical (unpaired) electrons. The first-order valence-corrected chi connectivity index (χ1v) is 26.2. The second kappa shape index (κ2) is 15.6. The van der Waals surface area contributed by atoms with Crippen molar-refractivity contribution < 1.29 is 0 Å². The molecule has 1 aliphatic heterocycles. The Hall–Kier alpha value is -4.80. The van der Waals surface area contributed by atoms with E-state index in [-0.39, 0.29) is 32.5 Å². The van der Waals surface area contributed by atoms with E-state index in [1.807, 2.05) is 11.3 Å². The molecule has 0 spiro atoms. The van der Waals surface area contributed by atoms with Crippen LogP contribution in [0.3, 0.4) is 0 Å². The number of thiophene rings is 1. The van der Waals surface area contributed by atoms with Gasteiger partial charge in [0.1, 0.15) is 0 Å². The molecule has 0 amide bonds. The number of hydrogen-bond donors (Lipinski definition) is 1. The maximum absolute atomic E-state index is 4.15. The van der Waals surface area contributed by atoms with E-state index in [0.717, 1.165) is 13.7 Å². The Morgan fingerprint density at radius 1 is 0.597 bits per heavy atom. The lowest BCUT2D eigenvalue weighted by Gasteiger charge is -2.44. The molecule has 67 heavy (non-hydrogen) atoms. The lowest BCUT2D eigenvalue weighted by atomic mass is 9.57. The van der Waals surface area contributed by atoms with Gasteiger partial charge in [-0.15, -0.1) is 11.3 Å². The average molecular weight is 903 g/mol. The van der Waals surface area contributed by atoms with E-state index in [1.165, 1.54) is 142 Å². The predicted octanol–water partition coefficient (Wildman–Crippen LogP) is 17.1. The summed E-state index contributed by atoms with van der Waals surface area (Å²) in [6.45, 7) is 36.3. The monoisotopic (exact) mass is 903 g/mol. The Labute approximate surface area is 408 Å². The number of nitrogens with zero attached hydrogens (tertiary/aromatic N) is 1. The zero-order valence-electron chi connectivity index (χ0n) is 43.5. The van der Waals surface area contributed by atoms with E-state index < -0.39 is 0 Å². The molecular weight excluding hydrogens is 828 g/mol. The van der Waals surface area contributed by atoms with Crippen molar-refractivity contribution in [1.82, 2.24) is 0 Å². The van der Waals surface area contributed by atoms with Crippen molar-refractivity contribution in [2.45, 2.75) is 169 Å². The molecule has 10 rings (SSSR count). The minimum Gasteiger partial charge on any atom is -0.355 e. The highest BCUT2D eigenvalue weighted by atomic mass is 32.1. The van der Waals surface area contributed by atoms with E-state index in [2.05, 4.69) is 211 Å². The third kappa shape index (κ3) is 7.96. The summed E-state index contributed by atoms with van der Waals surface area (Å²) in [7, 11) is 0.865. The van der Waals surface area contributed by atoms with Gasteiger partial charge < -0.3 is 10.2 Å². The Balaban J connectivity index is 1.21. The topological polar surface area (TPSA) is 15.3 Å². The molecule has 0 fully saturated rings. The van der Waals surface area contributed by atoms with Crippen LogP contribution >= 0.6 is 11.3 Å².